The molecule has 1 aliphatic rings. The highest BCUT2D eigenvalue weighted by Gasteiger charge is 2.37. The first-order valence-corrected chi connectivity index (χ1v) is 7.96. The summed E-state index contributed by atoms with van der Waals surface area (Å²) in [4.78, 5) is 4.91. The molecule has 21 heavy (non-hydrogen) atoms. The molecular weight excluding hydrogens is 265 g/mol. The Morgan fingerprint density at radius 2 is 2.05 bits per heavy atom. The maximum Gasteiger partial charge on any atom is 0.125 e. The van der Waals surface area contributed by atoms with Crippen LogP contribution < -0.4 is 5.32 Å². The lowest BCUT2D eigenvalue weighted by Crippen LogP contribution is -2.41. The van der Waals surface area contributed by atoms with Crippen molar-refractivity contribution in [2.45, 2.75) is 51.5 Å². The third-order valence-electron chi connectivity index (χ3n) is 4.88. The molecule has 1 aromatic heterocycles. The van der Waals surface area contributed by atoms with Crippen LogP contribution in [-0.2, 0) is 5.41 Å². The third kappa shape index (κ3) is 2.35. The number of hydrogen-bond acceptors (Lipinski definition) is 2. The zero-order valence-corrected chi connectivity index (χ0v) is 13.1. The number of benzene rings is 1. The number of nitrogens with zero attached hydrogens (tertiary/aromatic N) is 2. The minimum absolute atomic E-state index is 0.116. The van der Waals surface area contributed by atoms with Gasteiger partial charge in [-0.3, -0.25) is 0 Å². The predicted octanol–water partition coefficient (Wildman–Crippen LogP) is 3.79. The van der Waals surface area contributed by atoms with Crippen LogP contribution in [0.5, 0.6) is 0 Å². The maximum atomic E-state index is 13.7. The molecule has 3 nitrogen and oxygen atoms in total. The Bertz CT molecular complexity index is 639. The monoisotopic (exact) mass is 289 g/mol. The maximum absolute atomic E-state index is 13.7. The van der Waals surface area contributed by atoms with Crippen molar-refractivity contribution < 1.29 is 4.39 Å². The zero-order valence-electron chi connectivity index (χ0n) is 13.1. The van der Waals surface area contributed by atoms with E-state index in [9.17, 15) is 4.39 Å². The zero-order chi connectivity index (χ0) is 15.0. The van der Waals surface area contributed by atoms with Crippen molar-refractivity contribution in [3.63, 3.8) is 0 Å². The van der Waals surface area contributed by atoms with E-state index in [1.54, 1.807) is 12.1 Å². The molecule has 0 spiro atoms. The van der Waals surface area contributed by atoms with Gasteiger partial charge in [-0.25, -0.2) is 9.37 Å². The smallest absolute Gasteiger partial charge is 0.125 e. The van der Waals surface area contributed by atoms with Gasteiger partial charge in [0.1, 0.15) is 11.6 Å². The minimum atomic E-state index is -0.188. The highest BCUT2D eigenvalue weighted by Crippen LogP contribution is 2.39. The van der Waals surface area contributed by atoms with E-state index in [-0.39, 0.29) is 17.3 Å². The Labute approximate surface area is 125 Å². The van der Waals surface area contributed by atoms with Gasteiger partial charge in [0.2, 0.25) is 0 Å². The number of piperidine rings is 1. The van der Waals surface area contributed by atoms with Gasteiger partial charge in [-0.15, -0.1) is 0 Å². The summed E-state index contributed by atoms with van der Waals surface area (Å²) in [6.45, 7) is 8.61. The minimum Gasteiger partial charge on any atom is -0.325 e. The van der Waals surface area contributed by atoms with Crippen molar-refractivity contribution >= 4 is 11.0 Å². The molecule has 0 unspecified atom stereocenters. The quantitative estimate of drug-likeness (QED) is 0.931. The summed E-state index contributed by atoms with van der Waals surface area (Å²) in [7, 11) is 0. The first-order valence-electron chi connectivity index (χ1n) is 7.96. The molecule has 0 radical (unpaired) electrons. The van der Waals surface area contributed by atoms with Crippen LogP contribution in [0, 0.1) is 5.82 Å². The topological polar surface area (TPSA) is 29.9 Å². The fourth-order valence-corrected chi connectivity index (χ4v) is 3.60. The largest absolute Gasteiger partial charge is 0.325 e. The van der Waals surface area contributed by atoms with E-state index >= 15 is 0 Å². The van der Waals surface area contributed by atoms with Crippen molar-refractivity contribution in [1.82, 2.24) is 14.9 Å². The van der Waals surface area contributed by atoms with E-state index < -0.39 is 0 Å². The SMILES string of the molecule is CCC1(c2nc3ccc(F)cc3n2C(C)C)CCNCC1. The molecule has 2 heterocycles. The molecule has 0 bridgehead atoms. The molecule has 0 saturated carbocycles. The highest BCUT2D eigenvalue weighted by atomic mass is 19.1. The lowest BCUT2D eigenvalue weighted by Gasteiger charge is -2.37. The van der Waals surface area contributed by atoms with E-state index in [0.717, 1.165) is 49.2 Å². The first-order chi connectivity index (χ1) is 10.1. The summed E-state index contributed by atoms with van der Waals surface area (Å²) in [5, 5.41) is 3.44. The van der Waals surface area contributed by atoms with Crippen LogP contribution in [0.3, 0.4) is 0 Å². The van der Waals surface area contributed by atoms with Crippen molar-refractivity contribution in [3.05, 3.63) is 29.8 Å². The van der Waals surface area contributed by atoms with Crippen LogP contribution in [0.1, 0.15) is 51.9 Å². The fraction of sp³-hybridized carbons (Fsp3) is 0.588. The molecule has 0 aliphatic carbocycles. The number of aromatic nitrogens is 2. The van der Waals surface area contributed by atoms with Gasteiger partial charge < -0.3 is 9.88 Å². The molecule has 1 aromatic carbocycles. The summed E-state index contributed by atoms with van der Waals surface area (Å²) < 4.78 is 15.9. The number of nitrogens with one attached hydrogen (secondary N) is 1. The molecule has 1 saturated heterocycles. The van der Waals surface area contributed by atoms with Crippen LogP contribution >= 0.6 is 0 Å². The summed E-state index contributed by atoms with van der Waals surface area (Å²) in [6.07, 6.45) is 3.28. The van der Waals surface area contributed by atoms with E-state index in [1.165, 1.54) is 6.07 Å². The molecule has 1 fully saturated rings. The van der Waals surface area contributed by atoms with Crippen molar-refractivity contribution in [2.75, 3.05) is 13.1 Å². The van der Waals surface area contributed by atoms with Crippen LogP contribution in [0.2, 0.25) is 0 Å². The average molecular weight is 289 g/mol. The van der Waals surface area contributed by atoms with Gasteiger partial charge in [0, 0.05) is 11.5 Å². The summed E-state index contributed by atoms with van der Waals surface area (Å²) in [5.41, 5.74) is 1.95. The molecule has 1 aliphatic heterocycles. The molecule has 0 atom stereocenters. The molecule has 3 rings (SSSR count). The van der Waals surface area contributed by atoms with E-state index in [4.69, 9.17) is 4.98 Å². The third-order valence-corrected chi connectivity index (χ3v) is 4.88. The van der Waals surface area contributed by atoms with Gasteiger partial charge in [0.05, 0.1) is 11.0 Å². The van der Waals surface area contributed by atoms with Gasteiger partial charge in [-0.1, -0.05) is 6.92 Å². The Kier molecular flexibility index (Phi) is 3.74. The van der Waals surface area contributed by atoms with E-state index in [1.807, 2.05) is 0 Å². The average Bonchev–Trinajstić information content (AvgIpc) is 2.87. The van der Waals surface area contributed by atoms with Gasteiger partial charge >= 0.3 is 0 Å². The fourth-order valence-electron chi connectivity index (χ4n) is 3.60. The highest BCUT2D eigenvalue weighted by molar-refractivity contribution is 5.76. The number of rotatable bonds is 3. The van der Waals surface area contributed by atoms with Crippen molar-refractivity contribution in [2.24, 2.45) is 0 Å². The number of hydrogen-bond donors (Lipinski definition) is 1. The van der Waals surface area contributed by atoms with Crippen LogP contribution in [0.25, 0.3) is 11.0 Å². The standard InChI is InChI=1S/C17H24FN3/c1-4-17(7-9-19-10-8-17)16-20-14-6-5-13(18)11-15(14)21(16)12(2)3/h5-6,11-12,19H,4,7-10H2,1-3H3. The Morgan fingerprint density at radius 3 is 2.67 bits per heavy atom. The van der Waals surface area contributed by atoms with Gasteiger partial charge in [0.25, 0.3) is 0 Å². The molecule has 0 amide bonds. The normalized spacial score (nSPS) is 18.5. The van der Waals surface area contributed by atoms with Crippen LogP contribution in [0.15, 0.2) is 18.2 Å². The van der Waals surface area contributed by atoms with Gasteiger partial charge in [0.15, 0.2) is 0 Å². The van der Waals surface area contributed by atoms with Crippen molar-refractivity contribution in [1.29, 1.82) is 0 Å². The second-order valence-corrected chi connectivity index (χ2v) is 6.42. The summed E-state index contributed by atoms with van der Waals surface area (Å²) in [6, 6.07) is 5.21. The molecule has 4 heteroatoms. The Balaban J connectivity index is 2.23. The van der Waals surface area contributed by atoms with Crippen LogP contribution in [-0.4, -0.2) is 22.6 Å². The molecule has 114 valence electrons. The van der Waals surface area contributed by atoms with E-state index in [2.05, 4.69) is 30.7 Å². The molecular formula is C17H24FN3. The number of imidazole rings is 1. The van der Waals surface area contributed by atoms with Gasteiger partial charge in [-0.05, 0) is 64.4 Å². The second-order valence-electron chi connectivity index (χ2n) is 6.42. The van der Waals surface area contributed by atoms with E-state index in [0.29, 0.717) is 0 Å². The lowest BCUT2D eigenvalue weighted by atomic mass is 9.75. The number of fused-ring (bicyclic) bond motifs is 1. The second kappa shape index (κ2) is 5.41. The van der Waals surface area contributed by atoms with Gasteiger partial charge in [-0.2, -0.15) is 0 Å². The Hall–Kier alpha value is -1.42. The Morgan fingerprint density at radius 1 is 1.33 bits per heavy atom. The number of halogens is 1. The van der Waals surface area contributed by atoms with Crippen molar-refractivity contribution in [3.8, 4) is 0 Å². The first kappa shape index (κ1) is 14.5. The lowest BCUT2D eigenvalue weighted by molar-refractivity contribution is 0.271. The molecule has 2 aromatic rings. The summed E-state index contributed by atoms with van der Waals surface area (Å²) >= 11 is 0. The molecule has 1 N–H and O–H groups in total. The predicted molar refractivity (Wildman–Crippen MR) is 84.1 cm³/mol. The summed E-state index contributed by atoms with van der Waals surface area (Å²) in [5.74, 6) is 0.953. The van der Waals surface area contributed by atoms with Crippen LogP contribution in [0.4, 0.5) is 4.39 Å².